The number of ether oxygens (including phenoxy) is 1. The number of methoxy groups -OCH3 is 1. The number of nitrogens with one attached hydrogen (secondary N) is 1. The maximum Gasteiger partial charge on any atom is 0.0743 e. The van der Waals surface area contributed by atoms with Crippen LogP contribution in [0, 0.1) is 11.3 Å². The molecule has 1 aliphatic rings. The molecule has 0 saturated heterocycles. The second-order valence-electron chi connectivity index (χ2n) is 6.25. The van der Waals surface area contributed by atoms with E-state index in [1.807, 2.05) is 7.11 Å². The first-order chi connectivity index (χ1) is 7.54. The maximum absolute atomic E-state index is 5.54. The zero-order valence-electron chi connectivity index (χ0n) is 11.5. The molecule has 0 aliphatic heterocycles. The van der Waals surface area contributed by atoms with Crippen LogP contribution in [0.3, 0.4) is 0 Å². The Labute approximate surface area is 101 Å². The lowest BCUT2D eigenvalue weighted by Crippen LogP contribution is -2.40. The highest BCUT2D eigenvalue weighted by atomic mass is 16.5. The first-order valence-corrected chi connectivity index (χ1v) is 6.77. The molecule has 96 valence electrons. The van der Waals surface area contributed by atoms with Gasteiger partial charge in [-0.05, 0) is 30.7 Å². The summed E-state index contributed by atoms with van der Waals surface area (Å²) in [5, 5.41) is 3.59. The van der Waals surface area contributed by atoms with E-state index in [1.165, 1.54) is 38.6 Å². The van der Waals surface area contributed by atoms with E-state index in [0.717, 1.165) is 12.5 Å². The van der Waals surface area contributed by atoms with E-state index in [9.17, 15) is 0 Å². The second kappa shape index (κ2) is 6.61. The predicted octanol–water partition coefficient (Wildman–Crippen LogP) is 3.22. The van der Waals surface area contributed by atoms with Gasteiger partial charge >= 0.3 is 0 Å². The summed E-state index contributed by atoms with van der Waals surface area (Å²) in [7, 11) is 1.82. The second-order valence-corrected chi connectivity index (χ2v) is 6.25. The van der Waals surface area contributed by atoms with Crippen molar-refractivity contribution in [3.63, 3.8) is 0 Å². The van der Waals surface area contributed by atoms with E-state index >= 15 is 0 Å². The zero-order valence-corrected chi connectivity index (χ0v) is 11.5. The quantitative estimate of drug-likeness (QED) is 0.778. The number of hydrogen-bond donors (Lipinski definition) is 1. The molecule has 0 radical (unpaired) electrons. The summed E-state index contributed by atoms with van der Waals surface area (Å²) < 4.78 is 5.54. The highest BCUT2D eigenvalue weighted by Crippen LogP contribution is 2.24. The topological polar surface area (TPSA) is 21.3 Å². The van der Waals surface area contributed by atoms with Crippen LogP contribution in [0.25, 0.3) is 0 Å². The molecule has 1 fully saturated rings. The lowest BCUT2D eigenvalue weighted by Gasteiger charge is -2.30. The Morgan fingerprint density at radius 3 is 2.31 bits per heavy atom. The van der Waals surface area contributed by atoms with Gasteiger partial charge in [-0.1, -0.05) is 40.0 Å². The van der Waals surface area contributed by atoms with Gasteiger partial charge < -0.3 is 10.1 Å². The average Bonchev–Trinajstić information content (AvgIpc) is 2.24. The van der Waals surface area contributed by atoms with Gasteiger partial charge in [0.2, 0.25) is 0 Å². The molecular weight excluding hydrogens is 198 g/mol. The summed E-state index contributed by atoms with van der Waals surface area (Å²) in [5.41, 5.74) is 0.230. The van der Waals surface area contributed by atoms with Crippen LogP contribution in [0.5, 0.6) is 0 Å². The van der Waals surface area contributed by atoms with Crippen molar-refractivity contribution in [1.29, 1.82) is 0 Å². The van der Waals surface area contributed by atoms with Gasteiger partial charge in [-0.2, -0.15) is 0 Å². The SMILES string of the molecule is COC(CNCC1CCCCC1)C(C)(C)C. The van der Waals surface area contributed by atoms with Crippen molar-refractivity contribution in [2.45, 2.75) is 59.0 Å². The van der Waals surface area contributed by atoms with Crippen molar-refractivity contribution in [3.05, 3.63) is 0 Å². The summed E-state index contributed by atoms with van der Waals surface area (Å²) in [4.78, 5) is 0. The molecule has 1 aliphatic carbocycles. The van der Waals surface area contributed by atoms with Gasteiger partial charge in [-0.15, -0.1) is 0 Å². The van der Waals surface area contributed by atoms with Crippen molar-refractivity contribution in [2.24, 2.45) is 11.3 Å². The standard InChI is InChI=1S/C14H29NO/c1-14(2,3)13(16-4)11-15-10-12-8-6-5-7-9-12/h12-13,15H,5-11H2,1-4H3. The smallest absolute Gasteiger partial charge is 0.0743 e. The molecule has 1 unspecified atom stereocenters. The molecule has 1 saturated carbocycles. The molecule has 0 heterocycles. The van der Waals surface area contributed by atoms with Crippen molar-refractivity contribution in [2.75, 3.05) is 20.2 Å². The van der Waals surface area contributed by atoms with E-state index in [1.54, 1.807) is 0 Å². The third kappa shape index (κ3) is 4.84. The van der Waals surface area contributed by atoms with E-state index < -0.39 is 0 Å². The minimum Gasteiger partial charge on any atom is -0.380 e. The first kappa shape index (κ1) is 14.0. The Hall–Kier alpha value is -0.0800. The van der Waals surface area contributed by atoms with Gasteiger partial charge in [0, 0.05) is 13.7 Å². The van der Waals surface area contributed by atoms with Crippen LogP contribution in [0.4, 0.5) is 0 Å². The number of hydrogen-bond acceptors (Lipinski definition) is 2. The fourth-order valence-corrected chi connectivity index (χ4v) is 2.55. The summed E-state index contributed by atoms with van der Waals surface area (Å²) in [5.74, 6) is 0.909. The van der Waals surface area contributed by atoms with E-state index in [4.69, 9.17) is 4.74 Å². The highest BCUT2D eigenvalue weighted by molar-refractivity contribution is 4.77. The monoisotopic (exact) mass is 227 g/mol. The Morgan fingerprint density at radius 1 is 1.19 bits per heavy atom. The van der Waals surface area contributed by atoms with Crippen LogP contribution in [0.1, 0.15) is 52.9 Å². The molecule has 0 spiro atoms. The Bertz CT molecular complexity index is 180. The van der Waals surface area contributed by atoms with Gasteiger partial charge in [0.15, 0.2) is 0 Å². The molecule has 0 bridgehead atoms. The molecule has 0 aromatic carbocycles. The van der Waals surface area contributed by atoms with Crippen molar-refractivity contribution < 1.29 is 4.74 Å². The normalized spacial score (nSPS) is 21.0. The third-order valence-corrected chi connectivity index (χ3v) is 3.74. The van der Waals surface area contributed by atoms with Gasteiger partial charge in [-0.25, -0.2) is 0 Å². The third-order valence-electron chi connectivity index (χ3n) is 3.74. The molecule has 0 aromatic rings. The largest absolute Gasteiger partial charge is 0.380 e. The summed E-state index contributed by atoms with van der Waals surface area (Å²) in [6.07, 6.45) is 7.45. The van der Waals surface area contributed by atoms with Crippen LogP contribution in [-0.4, -0.2) is 26.3 Å². The zero-order chi connectivity index (χ0) is 12.0. The molecule has 0 amide bonds. The van der Waals surface area contributed by atoms with Crippen LogP contribution >= 0.6 is 0 Å². The Kier molecular flexibility index (Phi) is 5.77. The van der Waals surface area contributed by atoms with Gasteiger partial charge in [-0.3, -0.25) is 0 Å². The van der Waals surface area contributed by atoms with Crippen molar-refractivity contribution >= 4 is 0 Å². The lowest BCUT2D eigenvalue weighted by atomic mass is 9.87. The molecule has 2 heteroatoms. The molecule has 0 aromatic heterocycles. The van der Waals surface area contributed by atoms with Gasteiger partial charge in [0.25, 0.3) is 0 Å². The van der Waals surface area contributed by atoms with Crippen LogP contribution in [0.2, 0.25) is 0 Å². The van der Waals surface area contributed by atoms with E-state index in [-0.39, 0.29) is 5.41 Å². The molecule has 1 rings (SSSR count). The Morgan fingerprint density at radius 2 is 1.81 bits per heavy atom. The summed E-state index contributed by atoms with van der Waals surface area (Å²) in [6, 6.07) is 0. The van der Waals surface area contributed by atoms with Crippen LogP contribution < -0.4 is 5.32 Å². The molecular formula is C14H29NO. The Balaban J connectivity index is 2.17. The van der Waals surface area contributed by atoms with Crippen molar-refractivity contribution in [3.8, 4) is 0 Å². The minimum absolute atomic E-state index is 0.230. The van der Waals surface area contributed by atoms with Gasteiger partial charge in [0.1, 0.15) is 0 Å². The predicted molar refractivity (Wildman–Crippen MR) is 69.7 cm³/mol. The molecule has 16 heavy (non-hydrogen) atoms. The summed E-state index contributed by atoms with van der Waals surface area (Å²) in [6.45, 7) is 8.88. The van der Waals surface area contributed by atoms with Gasteiger partial charge in [0.05, 0.1) is 6.10 Å². The lowest BCUT2D eigenvalue weighted by molar-refractivity contribution is 0.0168. The van der Waals surface area contributed by atoms with Crippen LogP contribution in [-0.2, 0) is 4.74 Å². The molecule has 1 atom stereocenters. The molecule has 1 N–H and O–H groups in total. The highest BCUT2D eigenvalue weighted by Gasteiger charge is 2.24. The average molecular weight is 227 g/mol. The van der Waals surface area contributed by atoms with E-state index in [2.05, 4.69) is 26.1 Å². The minimum atomic E-state index is 0.230. The number of rotatable bonds is 5. The summed E-state index contributed by atoms with van der Waals surface area (Å²) >= 11 is 0. The molecule has 2 nitrogen and oxygen atoms in total. The fraction of sp³-hybridized carbons (Fsp3) is 1.00. The van der Waals surface area contributed by atoms with E-state index in [0.29, 0.717) is 6.10 Å². The van der Waals surface area contributed by atoms with Crippen LogP contribution in [0.15, 0.2) is 0 Å². The maximum atomic E-state index is 5.54. The fourth-order valence-electron chi connectivity index (χ4n) is 2.55. The first-order valence-electron chi connectivity index (χ1n) is 6.77. The van der Waals surface area contributed by atoms with Crippen molar-refractivity contribution in [1.82, 2.24) is 5.32 Å².